The number of benzene rings is 1. The van der Waals surface area contributed by atoms with Crippen molar-refractivity contribution in [1.29, 1.82) is 0 Å². The molecular formula is C13H17N3O2. The maximum absolute atomic E-state index is 11.8. The molecule has 0 saturated carbocycles. The molecule has 18 heavy (non-hydrogen) atoms. The molecule has 0 bridgehead atoms. The molecule has 0 aliphatic carbocycles. The lowest BCUT2D eigenvalue weighted by Gasteiger charge is -2.22. The van der Waals surface area contributed by atoms with Crippen LogP contribution in [0.4, 0.5) is 10.5 Å². The van der Waals surface area contributed by atoms with E-state index in [9.17, 15) is 4.79 Å². The summed E-state index contributed by atoms with van der Waals surface area (Å²) in [6.07, 6.45) is 0.592. The van der Waals surface area contributed by atoms with Crippen LogP contribution in [0, 0.1) is 6.92 Å². The number of carbonyl (C=O) groups excluding carboxylic acids is 1. The molecule has 0 saturated heterocycles. The van der Waals surface area contributed by atoms with E-state index < -0.39 is 5.72 Å². The van der Waals surface area contributed by atoms with Gasteiger partial charge in [-0.15, -0.1) is 0 Å². The van der Waals surface area contributed by atoms with E-state index in [-0.39, 0.29) is 6.03 Å². The van der Waals surface area contributed by atoms with Gasteiger partial charge in [0, 0.05) is 5.69 Å². The minimum Gasteiger partial charge on any atom is -0.367 e. The van der Waals surface area contributed by atoms with Gasteiger partial charge in [-0.3, -0.25) is 5.32 Å². The van der Waals surface area contributed by atoms with E-state index in [0.29, 0.717) is 6.42 Å². The largest absolute Gasteiger partial charge is 0.367 e. The van der Waals surface area contributed by atoms with E-state index in [4.69, 9.17) is 4.84 Å². The van der Waals surface area contributed by atoms with Crippen LogP contribution in [-0.2, 0) is 4.84 Å². The van der Waals surface area contributed by atoms with Crippen molar-refractivity contribution in [3.8, 4) is 0 Å². The normalized spacial score (nSPS) is 22.1. The Morgan fingerprint density at radius 1 is 1.33 bits per heavy atom. The summed E-state index contributed by atoms with van der Waals surface area (Å²) in [6, 6.07) is 7.29. The number of nitrogens with one attached hydrogen (secondary N) is 2. The Bertz CT molecular complexity index is 482. The van der Waals surface area contributed by atoms with E-state index in [1.807, 2.05) is 38.1 Å². The minimum absolute atomic E-state index is 0.300. The summed E-state index contributed by atoms with van der Waals surface area (Å²) in [4.78, 5) is 17.0. The predicted molar refractivity (Wildman–Crippen MR) is 70.5 cm³/mol. The SMILES string of the molecule is CC1=NOC(C)(NC(=O)Nc2ccc(C)cc2)C1. The first-order valence-electron chi connectivity index (χ1n) is 5.84. The highest BCUT2D eigenvalue weighted by molar-refractivity contribution is 5.91. The third-order valence-corrected chi connectivity index (χ3v) is 2.68. The van der Waals surface area contributed by atoms with Crippen molar-refractivity contribution >= 4 is 17.4 Å². The number of urea groups is 1. The quantitative estimate of drug-likeness (QED) is 0.843. The van der Waals surface area contributed by atoms with Crippen molar-refractivity contribution in [2.45, 2.75) is 32.9 Å². The maximum atomic E-state index is 11.8. The Kier molecular flexibility index (Phi) is 3.23. The first-order chi connectivity index (χ1) is 8.47. The molecule has 5 heteroatoms. The van der Waals surface area contributed by atoms with Gasteiger partial charge in [-0.2, -0.15) is 0 Å². The molecular weight excluding hydrogens is 230 g/mol. The number of hydrogen-bond donors (Lipinski definition) is 2. The molecule has 1 aliphatic rings. The van der Waals surface area contributed by atoms with Gasteiger partial charge in [-0.05, 0) is 32.9 Å². The lowest BCUT2D eigenvalue weighted by Crippen LogP contribution is -2.47. The first kappa shape index (κ1) is 12.4. The van der Waals surface area contributed by atoms with Gasteiger partial charge in [0.15, 0.2) is 0 Å². The van der Waals surface area contributed by atoms with Crippen molar-refractivity contribution in [2.24, 2.45) is 5.16 Å². The van der Waals surface area contributed by atoms with E-state index >= 15 is 0 Å². The second-order valence-electron chi connectivity index (χ2n) is 4.77. The average molecular weight is 247 g/mol. The number of amides is 2. The van der Waals surface area contributed by atoms with Gasteiger partial charge in [0.25, 0.3) is 0 Å². The fourth-order valence-electron chi connectivity index (χ4n) is 1.84. The van der Waals surface area contributed by atoms with Crippen molar-refractivity contribution in [1.82, 2.24) is 5.32 Å². The average Bonchev–Trinajstić information content (AvgIpc) is 2.61. The number of rotatable bonds is 2. The van der Waals surface area contributed by atoms with Gasteiger partial charge >= 0.3 is 6.03 Å². The fraction of sp³-hybridized carbons (Fsp3) is 0.385. The lowest BCUT2D eigenvalue weighted by atomic mass is 10.1. The van der Waals surface area contributed by atoms with Crippen LogP contribution < -0.4 is 10.6 Å². The summed E-state index contributed by atoms with van der Waals surface area (Å²) in [7, 11) is 0. The molecule has 2 amide bonds. The van der Waals surface area contributed by atoms with Gasteiger partial charge < -0.3 is 10.2 Å². The van der Waals surface area contributed by atoms with Gasteiger partial charge in [-0.1, -0.05) is 22.9 Å². The topological polar surface area (TPSA) is 62.7 Å². The third-order valence-electron chi connectivity index (χ3n) is 2.68. The summed E-state index contributed by atoms with van der Waals surface area (Å²) in [5.41, 5.74) is 2.01. The second-order valence-corrected chi connectivity index (χ2v) is 4.77. The van der Waals surface area contributed by atoms with Crippen LogP contribution in [0.2, 0.25) is 0 Å². The maximum Gasteiger partial charge on any atom is 0.322 e. The van der Waals surface area contributed by atoms with E-state index in [1.54, 1.807) is 6.92 Å². The molecule has 2 N–H and O–H groups in total. The highest BCUT2D eigenvalue weighted by Gasteiger charge is 2.34. The van der Waals surface area contributed by atoms with Gasteiger partial charge in [0.1, 0.15) is 0 Å². The lowest BCUT2D eigenvalue weighted by molar-refractivity contribution is -0.0195. The molecule has 0 aromatic heterocycles. The third kappa shape index (κ3) is 3.00. The highest BCUT2D eigenvalue weighted by Crippen LogP contribution is 2.20. The van der Waals surface area contributed by atoms with Gasteiger partial charge in [0.2, 0.25) is 5.72 Å². The van der Waals surface area contributed by atoms with E-state index in [1.165, 1.54) is 0 Å². The molecule has 5 nitrogen and oxygen atoms in total. The number of hydrogen-bond acceptors (Lipinski definition) is 3. The van der Waals surface area contributed by atoms with Crippen LogP contribution in [0.5, 0.6) is 0 Å². The number of nitrogens with zero attached hydrogens (tertiary/aromatic N) is 1. The minimum atomic E-state index is -0.751. The molecule has 2 rings (SSSR count). The zero-order valence-corrected chi connectivity index (χ0v) is 10.8. The summed E-state index contributed by atoms with van der Waals surface area (Å²) >= 11 is 0. The Morgan fingerprint density at radius 2 is 2.00 bits per heavy atom. The molecule has 1 heterocycles. The number of oxime groups is 1. The molecule has 1 aliphatic heterocycles. The molecule has 0 radical (unpaired) electrons. The van der Waals surface area contributed by atoms with Crippen molar-refractivity contribution in [3.63, 3.8) is 0 Å². The van der Waals surface area contributed by atoms with Gasteiger partial charge in [0.05, 0.1) is 12.1 Å². The smallest absolute Gasteiger partial charge is 0.322 e. The van der Waals surface area contributed by atoms with Crippen molar-refractivity contribution in [3.05, 3.63) is 29.8 Å². The molecule has 0 spiro atoms. The van der Waals surface area contributed by atoms with Crippen LogP contribution in [0.15, 0.2) is 29.4 Å². The fourth-order valence-corrected chi connectivity index (χ4v) is 1.84. The zero-order valence-electron chi connectivity index (χ0n) is 10.8. The Hall–Kier alpha value is -2.04. The molecule has 1 aromatic rings. The van der Waals surface area contributed by atoms with Gasteiger partial charge in [-0.25, -0.2) is 4.79 Å². The van der Waals surface area contributed by atoms with Crippen LogP contribution >= 0.6 is 0 Å². The summed E-state index contributed by atoms with van der Waals surface area (Å²) in [6.45, 7) is 5.66. The summed E-state index contributed by atoms with van der Waals surface area (Å²) in [5.74, 6) is 0. The molecule has 0 fully saturated rings. The number of carbonyl (C=O) groups is 1. The standard InChI is InChI=1S/C13H17N3O2/c1-9-4-6-11(7-5-9)14-12(17)15-13(3)8-10(2)16-18-13/h4-7H,8H2,1-3H3,(H2,14,15,17). The van der Waals surface area contributed by atoms with Crippen LogP contribution in [-0.4, -0.2) is 17.5 Å². The van der Waals surface area contributed by atoms with Crippen LogP contribution in [0.3, 0.4) is 0 Å². The Balaban J connectivity index is 1.91. The second kappa shape index (κ2) is 4.68. The summed E-state index contributed by atoms with van der Waals surface area (Å²) in [5, 5.41) is 9.35. The molecule has 1 atom stereocenters. The monoisotopic (exact) mass is 247 g/mol. The number of anilines is 1. The molecule has 1 aromatic carbocycles. The Morgan fingerprint density at radius 3 is 2.56 bits per heavy atom. The number of aryl methyl sites for hydroxylation is 1. The van der Waals surface area contributed by atoms with Crippen molar-refractivity contribution in [2.75, 3.05) is 5.32 Å². The summed E-state index contributed by atoms with van der Waals surface area (Å²) < 4.78 is 0. The molecule has 96 valence electrons. The van der Waals surface area contributed by atoms with Crippen LogP contribution in [0.25, 0.3) is 0 Å². The van der Waals surface area contributed by atoms with E-state index in [2.05, 4.69) is 15.8 Å². The zero-order chi connectivity index (χ0) is 13.2. The van der Waals surface area contributed by atoms with E-state index in [0.717, 1.165) is 17.0 Å². The Labute approximate surface area is 106 Å². The first-order valence-corrected chi connectivity index (χ1v) is 5.84. The van der Waals surface area contributed by atoms with Crippen LogP contribution in [0.1, 0.15) is 25.8 Å². The van der Waals surface area contributed by atoms with Crippen molar-refractivity contribution < 1.29 is 9.63 Å². The predicted octanol–water partition coefficient (Wildman–Crippen LogP) is 2.63. The highest BCUT2D eigenvalue weighted by atomic mass is 16.7. The molecule has 1 unspecified atom stereocenters.